The molecular formula is C7H11N3S2. The van der Waals surface area contributed by atoms with Crippen LogP contribution in [0.5, 0.6) is 0 Å². The van der Waals surface area contributed by atoms with Crippen molar-refractivity contribution < 1.29 is 0 Å². The van der Waals surface area contributed by atoms with Gasteiger partial charge in [-0.15, -0.1) is 11.3 Å². The van der Waals surface area contributed by atoms with Crippen LogP contribution in [0.3, 0.4) is 0 Å². The van der Waals surface area contributed by atoms with Crippen LogP contribution in [0.2, 0.25) is 0 Å². The summed E-state index contributed by atoms with van der Waals surface area (Å²) in [5.41, 5.74) is 0. The standard InChI is InChI=1S/C7H11N3S2/c1-3-8-6(11)9-7-10(2)4-5-12-7/h4-5H,3H2,1-2H3,(H,8,11). The molecule has 1 rings (SSSR count). The molecule has 0 atom stereocenters. The smallest absolute Gasteiger partial charge is 0.195 e. The third-order valence-corrected chi connectivity index (χ3v) is 2.37. The molecule has 0 unspecified atom stereocenters. The van der Waals surface area contributed by atoms with Crippen molar-refractivity contribution in [3.8, 4) is 0 Å². The van der Waals surface area contributed by atoms with Gasteiger partial charge in [-0.05, 0) is 19.1 Å². The highest BCUT2D eigenvalue weighted by atomic mass is 32.1. The molecule has 3 nitrogen and oxygen atoms in total. The molecule has 0 spiro atoms. The molecule has 66 valence electrons. The van der Waals surface area contributed by atoms with E-state index < -0.39 is 0 Å². The molecule has 1 heterocycles. The summed E-state index contributed by atoms with van der Waals surface area (Å²) in [6.07, 6.45) is 1.96. The maximum atomic E-state index is 4.98. The Kier molecular flexibility index (Phi) is 3.43. The van der Waals surface area contributed by atoms with Gasteiger partial charge in [0, 0.05) is 25.2 Å². The van der Waals surface area contributed by atoms with Crippen LogP contribution >= 0.6 is 23.6 Å². The van der Waals surface area contributed by atoms with E-state index >= 15 is 0 Å². The van der Waals surface area contributed by atoms with Gasteiger partial charge in [-0.1, -0.05) is 0 Å². The van der Waals surface area contributed by atoms with Gasteiger partial charge in [0.2, 0.25) is 0 Å². The number of thiazole rings is 1. The minimum Gasteiger partial charge on any atom is -0.361 e. The molecule has 0 aliphatic carbocycles. The highest BCUT2D eigenvalue weighted by molar-refractivity contribution is 7.80. The fourth-order valence-corrected chi connectivity index (χ4v) is 1.74. The molecule has 0 aromatic carbocycles. The van der Waals surface area contributed by atoms with E-state index in [0.717, 1.165) is 11.3 Å². The molecule has 0 saturated carbocycles. The number of thiocarbonyl (C=S) groups is 1. The average molecular weight is 201 g/mol. The predicted octanol–water partition coefficient (Wildman–Crippen LogP) is 0.882. The van der Waals surface area contributed by atoms with Crippen molar-refractivity contribution in [3.63, 3.8) is 0 Å². The van der Waals surface area contributed by atoms with Crippen molar-refractivity contribution >= 4 is 28.7 Å². The number of rotatable bonds is 1. The molecule has 0 bridgehead atoms. The molecule has 0 saturated heterocycles. The number of aryl methyl sites for hydroxylation is 1. The monoisotopic (exact) mass is 201 g/mol. The molecular weight excluding hydrogens is 190 g/mol. The lowest BCUT2D eigenvalue weighted by Gasteiger charge is -1.96. The Morgan fingerprint density at radius 2 is 2.58 bits per heavy atom. The maximum Gasteiger partial charge on any atom is 0.195 e. The van der Waals surface area contributed by atoms with E-state index in [1.807, 2.05) is 30.1 Å². The number of hydrogen-bond donors (Lipinski definition) is 1. The molecule has 1 aromatic rings. The van der Waals surface area contributed by atoms with Crippen LogP contribution in [0, 0.1) is 0 Å². The van der Waals surface area contributed by atoms with Crippen LogP contribution < -0.4 is 10.1 Å². The summed E-state index contributed by atoms with van der Waals surface area (Å²) < 4.78 is 1.94. The van der Waals surface area contributed by atoms with Gasteiger partial charge in [0.25, 0.3) is 0 Å². The summed E-state index contributed by atoms with van der Waals surface area (Å²) in [6.45, 7) is 2.81. The van der Waals surface area contributed by atoms with Crippen LogP contribution in [0.4, 0.5) is 0 Å². The minimum atomic E-state index is 0.551. The normalized spacial score (nSPS) is 11.7. The van der Waals surface area contributed by atoms with Crippen LogP contribution in [-0.4, -0.2) is 16.2 Å². The number of aromatic nitrogens is 1. The molecule has 12 heavy (non-hydrogen) atoms. The first-order valence-electron chi connectivity index (χ1n) is 3.66. The second-order valence-corrected chi connectivity index (χ2v) is 3.50. The Hall–Kier alpha value is -0.680. The van der Waals surface area contributed by atoms with Crippen LogP contribution in [0.25, 0.3) is 0 Å². The second-order valence-electron chi connectivity index (χ2n) is 2.24. The van der Waals surface area contributed by atoms with Gasteiger partial charge < -0.3 is 9.88 Å². The Morgan fingerprint density at radius 1 is 1.83 bits per heavy atom. The predicted molar refractivity (Wildman–Crippen MR) is 55.1 cm³/mol. The van der Waals surface area contributed by atoms with Gasteiger partial charge in [0.05, 0.1) is 0 Å². The van der Waals surface area contributed by atoms with E-state index in [-0.39, 0.29) is 0 Å². The van der Waals surface area contributed by atoms with E-state index in [1.165, 1.54) is 0 Å². The lowest BCUT2D eigenvalue weighted by Crippen LogP contribution is -2.22. The number of nitrogens with one attached hydrogen (secondary N) is 1. The lowest BCUT2D eigenvalue weighted by molar-refractivity contribution is 0.870. The van der Waals surface area contributed by atoms with E-state index in [1.54, 1.807) is 11.3 Å². The molecule has 1 N–H and O–H groups in total. The fourth-order valence-electron chi connectivity index (χ4n) is 0.712. The van der Waals surface area contributed by atoms with Crippen molar-refractivity contribution in [2.24, 2.45) is 12.0 Å². The van der Waals surface area contributed by atoms with E-state index in [0.29, 0.717) is 5.11 Å². The summed E-state index contributed by atoms with van der Waals surface area (Å²) in [5, 5.41) is 5.50. The van der Waals surface area contributed by atoms with Crippen molar-refractivity contribution in [3.05, 3.63) is 16.4 Å². The molecule has 0 aliphatic heterocycles. The first kappa shape index (κ1) is 9.41. The van der Waals surface area contributed by atoms with Crippen LogP contribution in [-0.2, 0) is 7.05 Å². The summed E-state index contributed by atoms with van der Waals surface area (Å²) in [6, 6.07) is 0. The Bertz CT molecular complexity index is 323. The number of hydrogen-bond acceptors (Lipinski definition) is 2. The van der Waals surface area contributed by atoms with Gasteiger partial charge in [-0.25, -0.2) is 0 Å². The largest absolute Gasteiger partial charge is 0.361 e. The lowest BCUT2D eigenvalue weighted by atomic mass is 10.7. The summed E-state index contributed by atoms with van der Waals surface area (Å²) in [7, 11) is 1.95. The molecule has 5 heteroatoms. The summed E-state index contributed by atoms with van der Waals surface area (Å²) in [5.74, 6) is 0. The second kappa shape index (κ2) is 4.37. The van der Waals surface area contributed by atoms with Crippen molar-refractivity contribution in [2.75, 3.05) is 6.54 Å². The van der Waals surface area contributed by atoms with Crippen molar-refractivity contribution in [2.45, 2.75) is 6.92 Å². The Balaban J connectivity index is 2.83. The SMILES string of the molecule is CCNC(=S)N=c1sccn1C. The van der Waals surface area contributed by atoms with Crippen molar-refractivity contribution in [1.29, 1.82) is 0 Å². The zero-order chi connectivity index (χ0) is 8.97. The highest BCUT2D eigenvalue weighted by Gasteiger charge is 1.91. The first-order valence-corrected chi connectivity index (χ1v) is 4.95. The topological polar surface area (TPSA) is 29.3 Å². The average Bonchev–Trinajstić information content (AvgIpc) is 2.37. The minimum absolute atomic E-state index is 0.551. The van der Waals surface area contributed by atoms with E-state index in [2.05, 4.69) is 10.3 Å². The van der Waals surface area contributed by atoms with Crippen molar-refractivity contribution in [1.82, 2.24) is 9.88 Å². The third-order valence-electron chi connectivity index (χ3n) is 1.28. The Morgan fingerprint density at radius 3 is 3.08 bits per heavy atom. The molecule has 0 radical (unpaired) electrons. The third kappa shape index (κ3) is 2.42. The first-order chi connectivity index (χ1) is 5.74. The van der Waals surface area contributed by atoms with Gasteiger partial charge in [-0.3, -0.25) is 0 Å². The van der Waals surface area contributed by atoms with Gasteiger partial charge in [0.1, 0.15) is 0 Å². The maximum absolute atomic E-state index is 4.98. The van der Waals surface area contributed by atoms with Gasteiger partial charge in [0.15, 0.2) is 9.91 Å². The van der Waals surface area contributed by atoms with Gasteiger partial charge >= 0.3 is 0 Å². The fraction of sp³-hybridized carbons (Fsp3) is 0.429. The zero-order valence-electron chi connectivity index (χ0n) is 7.07. The zero-order valence-corrected chi connectivity index (χ0v) is 8.71. The highest BCUT2D eigenvalue weighted by Crippen LogP contribution is 1.86. The van der Waals surface area contributed by atoms with Crippen LogP contribution in [0.1, 0.15) is 6.92 Å². The van der Waals surface area contributed by atoms with Gasteiger partial charge in [-0.2, -0.15) is 4.99 Å². The molecule has 0 amide bonds. The molecule has 0 fully saturated rings. The summed E-state index contributed by atoms with van der Waals surface area (Å²) in [4.78, 5) is 5.13. The van der Waals surface area contributed by atoms with E-state index in [9.17, 15) is 0 Å². The molecule has 1 aromatic heterocycles. The summed E-state index contributed by atoms with van der Waals surface area (Å²) >= 11 is 6.55. The quantitative estimate of drug-likeness (QED) is 0.684. The number of nitrogens with zero attached hydrogens (tertiary/aromatic N) is 2. The molecule has 0 aliphatic rings. The van der Waals surface area contributed by atoms with E-state index in [4.69, 9.17) is 12.2 Å². The Labute approximate surface area is 80.8 Å². The van der Waals surface area contributed by atoms with Crippen LogP contribution in [0.15, 0.2) is 16.6 Å².